The summed E-state index contributed by atoms with van der Waals surface area (Å²) in [5.74, 6) is -1.90. The summed E-state index contributed by atoms with van der Waals surface area (Å²) in [5, 5.41) is 11.8. The first-order chi connectivity index (χ1) is 15.0. The van der Waals surface area contributed by atoms with E-state index in [0.29, 0.717) is 10.7 Å². The van der Waals surface area contributed by atoms with Gasteiger partial charge in [-0.15, -0.1) is 0 Å². The lowest BCUT2D eigenvalue weighted by atomic mass is 9.46. The zero-order valence-corrected chi connectivity index (χ0v) is 17.6. The molecule has 0 spiro atoms. The number of carbonyl (C=O) groups is 2. The second-order valence-corrected chi connectivity index (χ2v) is 9.13. The van der Waals surface area contributed by atoms with Gasteiger partial charge in [0.05, 0.1) is 29.0 Å². The van der Waals surface area contributed by atoms with E-state index in [1.807, 2.05) is 48.5 Å². The smallest absolute Gasteiger partial charge is 0.239 e. The molecule has 4 nitrogen and oxygen atoms in total. The summed E-state index contributed by atoms with van der Waals surface area (Å²) in [6.45, 7) is 1.74. The molecule has 7 rings (SSSR count). The summed E-state index contributed by atoms with van der Waals surface area (Å²) in [7, 11) is 0. The molecule has 2 bridgehead atoms. The Morgan fingerprint density at radius 3 is 1.97 bits per heavy atom. The third-order valence-electron chi connectivity index (χ3n) is 7.43. The van der Waals surface area contributed by atoms with Gasteiger partial charge in [0, 0.05) is 10.9 Å². The van der Waals surface area contributed by atoms with E-state index < -0.39 is 23.4 Å². The highest BCUT2D eigenvalue weighted by molar-refractivity contribution is 6.31. The Balaban J connectivity index is 1.66. The van der Waals surface area contributed by atoms with Crippen molar-refractivity contribution in [2.24, 2.45) is 11.8 Å². The third-order valence-corrected chi connectivity index (χ3v) is 7.68. The van der Waals surface area contributed by atoms with Crippen molar-refractivity contribution in [3.05, 3.63) is 100 Å². The summed E-state index contributed by atoms with van der Waals surface area (Å²) in [4.78, 5) is 29.0. The SMILES string of the molecule is CC(O)C12c3ccccc3C(c3ccccc31)C1C(=O)N(c3ccc(Cl)cc3)C(=O)C12. The van der Waals surface area contributed by atoms with Gasteiger partial charge in [-0.25, -0.2) is 4.90 Å². The van der Waals surface area contributed by atoms with Crippen LogP contribution in [-0.2, 0) is 15.0 Å². The fourth-order valence-electron chi connectivity index (χ4n) is 6.38. The number of rotatable bonds is 2. The molecule has 2 amide bonds. The Labute approximate surface area is 185 Å². The lowest BCUT2D eigenvalue weighted by Crippen LogP contribution is -2.58. The molecule has 1 N–H and O–H groups in total. The molecule has 0 radical (unpaired) electrons. The van der Waals surface area contributed by atoms with E-state index in [9.17, 15) is 14.7 Å². The predicted molar refractivity (Wildman–Crippen MR) is 118 cm³/mol. The van der Waals surface area contributed by atoms with Gasteiger partial charge in [0.2, 0.25) is 11.8 Å². The number of amides is 2. The maximum absolute atomic E-state index is 13.9. The quantitative estimate of drug-likeness (QED) is 0.619. The van der Waals surface area contributed by atoms with Crippen LogP contribution < -0.4 is 4.90 Å². The van der Waals surface area contributed by atoms with Gasteiger partial charge in [0.15, 0.2) is 0 Å². The first-order valence-electron chi connectivity index (χ1n) is 10.5. The van der Waals surface area contributed by atoms with Crippen molar-refractivity contribution in [2.75, 3.05) is 4.90 Å². The highest BCUT2D eigenvalue weighted by Gasteiger charge is 2.69. The van der Waals surface area contributed by atoms with Crippen molar-refractivity contribution in [1.82, 2.24) is 0 Å². The molecule has 0 saturated carbocycles. The summed E-state index contributed by atoms with van der Waals surface area (Å²) >= 11 is 6.03. The van der Waals surface area contributed by atoms with Gasteiger partial charge < -0.3 is 5.11 Å². The molecular weight excluding hydrogens is 410 g/mol. The third kappa shape index (κ3) is 2.14. The van der Waals surface area contributed by atoms with E-state index in [0.717, 1.165) is 22.3 Å². The molecule has 31 heavy (non-hydrogen) atoms. The number of anilines is 1. The summed E-state index contributed by atoms with van der Waals surface area (Å²) in [6.07, 6.45) is -0.856. The van der Waals surface area contributed by atoms with Crippen molar-refractivity contribution in [1.29, 1.82) is 0 Å². The van der Waals surface area contributed by atoms with Crippen LogP contribution in [0, 0.1) is 11.8 Å². The molecule has 1 aliphatic heterocycles. The van der Waals surface area contributed by atoms with Gasteiger partial charge in [0.25, 0.3) is 0 Å². The Morgan fingerprint density at radius 2 is 1.42 bits per heavy atom. The first-order valence-corrected chi connectivity index (χ1v) is 10.9. The number of carbonyl (C=O) groups excluding carboxylic acids is 2. The van der Waals surface area contributed by atoms with Gasteiger partial charge in [0.1, 0.15) is 0 Å². The van der Waals surface area contributed by atoms with Crippen LogP contribution in [0.2, 0.25) is 5.02 Å². The van der Waals surface area contributed by atoms with E-state index >= 15 is 0 Å². The van der Waals surface area contributed by atoms with E-state index in [-0.39, 0.29) is 17.7 Å². The molecule has 3 aliphatic carbocycles. The highest BCUT2D eigenvalue weighted by atomic mass is 35.5. The van der Waals surface area contributed by atoms with Crippen molar-refractivity contribution in [3.63, 3.8) is 0 Å². The molecular formula is C26H20ClNO3. The van der Waals surface area contributed by atoms with Crippen molar-refractivity contribution < 1.29 is 14.7 Å². The van der Waals surface area contributed by atoms with E-state index in [4.69, 9.17) is 11.6 Å². The second kappa shape index (κ2) is 6.28. The van der Waals surface area contributed by atoms with Gasteiger partial charge in [-0.05, 0) is 53.4 Å². The second-order valence-electron chi connectivity index (χ2n) is 8.69. The Kier molecular flexibility index (Phi) is 3.81. The van der Waals surface area contributed by atoms with Crippen molar-refractivity contribution in [3.8, 4) is 0 Å². The Morgan fingerprint density at radius 1 is 0.871 bits per heavy atom. The van der Waals surface area contributed by atoms with Gasteiger partial charge in [-0.1, -0.05) is 60.1 Å². The minimum atomic E-state index is -0.972. The van der Waals surface area contributed by atoms with Crippen LogP contribution in [0.3, 0.4) is 0 Å². The molecule has 1 saturated heterocycles. The van der Waals surface area contributed by atoms with Crippen LogP contribution in [0.25, 0.3) is 0 Å². The standard InChI is InChI=1S/C26H20ClNO3/c1-14(29)26-19-8-4-2-6-17(19)21(18-7-3-5-9-20(18)26)22-23(26)25(31)28(24(22)30)16-12-10-15(27)11-13-16/h2-14,21-23,29H,1H3. The molecule has 1 heterocycles. The zero-order valence-electron chi connectivity index (χ0n) is 16.8. The fourth-order valence-corrected chi connectivity index (χ4v) is 6.51. The molecule has 3 atom stereocenters. The average Bonchev–Trinajstić information content (AvgIpc) is 3.05. The Hall–Kier alpha value is -2.95. The zero-order chi connectivity index (χ0) is 21.5. The minimum absolute atomic E-state index is 0.212. The van der Waals surface area contributed by atoms with Crippen LogP contribution in [-0.4, -0.2) is 23.0 Å². The molecule has 1 fully saturated rings. The predicted octanol–water partition coefficient (Wildman–Crippen LogP) is 4.27. The number of nitrogens with zero attached hydrogens (tertiary/aromatic N) is 1. The number of aliphatic hydroxyl groups is 1. The van der Waals surface area contributed by atoms with Crippen molar-refractivity contribution in [2.45, 2.75) is 24.4 Å². The topological polar surface area (TPSA) is 57.6 Å². The normalized spacial score (nSPS) is 28.9. The number of imide groups is 1. The minimum Gasteiger partial charge on any atom is -0.392 e. The largest absolute Gasteiger partial charge is 0.392 e. The molecule has 3 aromatic rings. The molecule has 5 heteroatoms. The van der Waals surface area contributed by atoms with E-state index in [2.05, 4.69) is 0 Å². The number of aliphatic hydroxyl groups excluding tert-OH is 1. The van der Waals surface area contributed by atoms with Gasteiger partial charge in [-0.3, -0.25) is 9.59 Å². The maximum atomic E-state index is 13.9. The molecule has 3 aromatic carbocycles. The van der Waals surface area contributed by atoms with Gasteiger partial charge >= 0.3 is 0 Å². The number of halogens is 1. The lowest BCUT2D eigenvalue weighted by molar-refractivity contribution is -0.126. The van der Waals surface area contributed by atoms with E-state index in [1.165, 1.54) is 4.90 Å². The number of hydrogen-bond donors (Lipinski definition) is 1. The lowest BCUT2D eigenvalue weighted by Gasteiger charge is -2.55. The van der Waals surface area contributed by atoms with Crippen molar-refractivity contribution >= 4 is 29.1 Å². The van der Waals surface area contributed by atoms with Crippen LogP contribution in [0.4, 0.5) is 5.69 Å². The maximum Gasteiger partial charge on any atom is 0.239 e. The molecule has 154 valence electrons. The van der Waals surface area contributed by atoms with E-state index in [1.54, 1.807) is 31.2 Å². The molecule has 4 aliphatic rings. The molecule has 3 unspecified atom stereocenters. The fraction of sp³-hybridized carbons (Fsp3) is 0.231. The summed E-state index contributed by atoms with van der Waals surface area (Å²) in [6, 6.07) is 22.7. The summed E-state index contributed by atoms with van der Waals surface area (Å²) < 4.78 is 0. The number of benzene rings is 3. The van der Waals surface area contributed by atoms with Crippen LogP contribution in [0.15, 0.2) is 72.8 Å². The monoisotopic (exact) mass is 429 g/mol. The van der Waals surface area contributed by atoms with Gasteiger partial charge in [-0.2, -0.15) is 0 Å². The first kappa shape index (κ1) is 18.8. The molecule has 0 aromatic heterocycles. The van der Waals surface area contributed by atoms with Crippen LogP contribution in [0.5, 0.6) is 0 Å². The average molecular weight is 430 g/mol. The Bertz CT molecular complexity index is 1200. The summed E-state index contributed by atoms with van der Waals surface area (Å²) in [5.41, 5.74) is 3.51. The van der Waals surface area contributed by atoms with Crippen LogP contribution >= 0.6 is 11.6 Å². The number of hydrogen-bond acceptors (Lipinski definition) is 3. The highest BCUT2D eigenvalue weighted by Crippen LogP contribution is 2.65. The van der Waals surface area contributed by atoms with Crippen LogP contribution in [0.1, 0.15) is 35.1 Å².